The van der Waals surface area contributed by atoms with Crippen molar-refractivity contribution < 1.29 is 27.8 Å². The predicted octanol–water partition coefficient (Wildman–Crippen LogP) is 0.912. The number of morpholine rings is 1. The van der Waals surface area contributed by atoms with Crippen molar-refractivity contribution in [3.63, 3.8) is 0 Å². The molecule has 2 N–H and O–H groups in total. The van der Waals surface area contributed by atoms with Crippen molar-refractivity contribution in [3.8, 4) is 11.7 Å². The van der Waals surface area contributed by atoms with E-state index in [0.29, 0.717) is 56.4 Å². The molecule has 0 saturated carbocycles. The van der Waals surface area contributed by atoms with Gasteiger partial charge in [0.05, 0.1) is 30.9 Å². The second-order valence-corrected chi connectivity index (χ2v) is 8.31. The first-order chi connectivity index (χ1) is 16.9. The molecule has 2 aromatic heterocycles. The molecule has 2 aliphatic heterocycles. The fraction of sp³-hybridized carbons (Fsp3) is 0.409. The molecule has 184 valence electrons. The number of amides is 2. The fourth-order valence-electron chi connectivity index (χ4n) is 4.13. The van der Waals surface area contributed by atoms with Crippen molar-refractivity contribution in [2.75, 3.05) is 50.9 Å². The molecule has 4 heterocycles. The van der Waals surface area contributed by atoms with Crippen LogP contribution in [0.4, 0.5) is 14.7 Å². The van der Waals surface area contributed by atoms with Gasteiger partial charge in [-0.05, 0) is 12.1 Å². The van der Waals surface area contributed by atoms with Gasteiger partial charge in [-0.1, -0.05) is 12.1 Å². The molecule has 3 aromatic rings. The van der Waals surface area contributed by atoms with E-state index in [-0.39, 0.29) is 24.2 Å². The normalized spacial score (nSPS) is 16.5. The van der Waals surface area contributed by atoms with Crippen molar-refractivity contribution in [2.45, 2.75) is 6.43 Å². The molecule has 2 amide bonds. The van der Waals surface area contributed by atoms with Crippen LogP contribution < -0.4 is 15.4 Å². The maximum absolute atomic E-state index is 13.9. The van der Waals surface area contributed by atoms with Gasteiger partial charge in [-0.2, -0.15) is 9.97 Å². The highest BCUT2D eigenvalue weighted by Gasteiger charge is 2.33. The average molecular weight is 487 g/mol. The molecule has 1 aromatic carbocycles. The summed E-state index contributed by atoms with van der Waals surface area (Å²) in [5, 5.41) is 0. The van der Waals surface area contributed by atoms with Gasteiger partial charge in [-0.15, -0.1) is 0 Å². The first-order valence-corrected chi connectivity index (χ1v) is 11.1. The summed E-state index contributed by atoms with van der Waals surface area (Å²) < 4.78 is 40.5. The number of alkyl halides is 2. The van der Waals surface area contributed by atoms with Crippen molar-refractivity contribution in [1.82, 2.24) is 24.4 Å². The Morgan fingerprint density at radius 3 is 2.60 bits per heavy atom. The van der Waals surface area contributed by atoms with Gasteiger partial charge in [0, 0.05) is 38.2 Å². The molecule has 0 atom stereocenters. The number of carbonyl (C=O) groups excluding carboxylic acids is 2. The Bertz CT molecular complexity index is 1260. The maximum atomic E-state index is 13.9. The number of nitrogens with two attached hydrogens (primary N) is 1. The number of para-hydroxylation sites is 2. The largest absolute Gasteiger partial charge is 0.477 e. The first kappa shape index (κ1) is 22.9. The summed E-state index contributed by atoms with van der Waals surface area (Å²) >= 11 is 0. The number of nitrogens with zero attached hydrogens (tertiary/aromatic N) is 6. The number of rotatable bonds is 6. The lowest BCUT2D eigenvalue weighted by molar-refractivity contribution is -0.149. The van der Waals surface area contributed by atoms with Crippen molar-refractivity contribution in [3.05, 3.63) is 36.2 Å². The third-order valence-electron chi connectivity index (χ3n) is 5.90. The molecular weight excluding hydrogens is 464 g/mol. The quantitative estimate of drug-likeness (QED) is 0.508. The maximum Gasteiger partial charge on any atom is 0.311 e. The van der Waals surface area contributed by atoms with Gasteiger partial charge in [0.2, 0.25) is 11.8 Å². The van der Waals surface area contributed by atoms with E-state index >= 15 is 0 Å². The summed E-state index contributed by atoms with van der Waals surface area (Å²) in [5.74, 6) is -1.43. The Kier molecular flexibility index (Phi) is 6.16. The highest BCUT2D eigenvalue weighted by molar-refractivity contribution is 6.34. The smallest absolute Gasteiger partial charge is 0.311 e. The van der Waals surface area contributed by atoms with Crippen LogP contribution in [-0.2, 0) is 14.3 Å². The molecular formula is C22H23F2N7O4. The number of imidazole rings is 1. The number of ether oxygens (including phenoxy) is 2. The number of likely N-dealkylation sites (tertiary alicyclic amines) is 1. The van der Waals surface area contributed by atoms with Crippen LogP contribution >= 0.6 is 0 Å². The molecule has 11 nitrogen and oxygen atoms in total. The van der Waals surface area contributed by atoms with Crippen molar-refractivity contribution >= 4 is 28.8 Å². The SMILES string of the molecule is NC(=O)C(=O)N1CC(COc2cc(-n3c(C(F)F)nc4ccccc43)nc(N3CCOCC3)n2)C1. The number of anilines is 1. The van der Waals surface area contributed by atoms with Crippen LogP contribution in [0.25, 0.3) is 16.9 Å². The Hall–Kier alpha value is -3.87. The lowest BCUT2D eigenvalue weighted by atomic mass is 10.0. The van der Waals surface area contributed by atoms with Gasteiger partial charge in [0.25, 0.3) is 6.43 Å². The summed E-state index contributed by atoms with van der Waals surface area (Å²) in [7, 11) is 0. The van der Waals surface area contributed by atoms with Gasteiger partial charge >= 0.3 is 11.8 Å². The standard InChI is InChI=1S/C22H23F2N7O4/c23-18(24)20-26-14-3-1-2-4-15(14)31(20)16-9-17(28-22(27-16)29-5-7-34-8-6-29)35-12-13-10-30(11-13)21(33)19(25)32/h1-4,9,13,18H,5-8,10-12H2,(H2,25,32). The Labute approximate surface area is 198 Å². The van der Waals surface area contributed by atoms with Crippen LogP contribution in [0.2, 0.25) is 0 Å². The third-order valence-corrected chi connectivity index (χ3v) is 5.90. The molecule has 0 radical (unpaired) electrons. The summed E-state index contributed by atoms with van der Waals surface area (Å²) in [5.41, 5.74) is 5.94. The Balaban J connectivity index is 1.45. The summed E-state index contributed by atoms with van der Waals surface area (Å²) in [6.07, 6.45) is -2.82. The van der Waals surface area contributed by atoms with E-state index < -0.39 is 24.1 Å². The molecule has 2 saturated heterocycles. The van der Waals surface area contributed by atoms with Crippen LogP contribution in [-0.4, -0.2) is 82.2 Å². The number of benzene rings is 1. The van der Waals surface area contributed by atoms with Crippen LogP contribution in [0.1, 0.15) is 12.2 Å². The van der Waals surface area contributed by atoms with E-state index in [4.69, 9.17) is 15.2 Å². The van der Waals surface area contributed by atoms with Gasteiger partial charge < -0.3 is 25.0 Å². The fourth-order valence-corrected chi connectivity index (χ4v) is 4.13. The topological polar surface area (TPSA) is 129 Å². The Morgan fingerprint density at radius 1 is 1.14 bits per heavy atom. The zero-order valence-electron chi connectivity index (χ0n) is 18.6. The molecule has 5 rings (SSSR count). The number of primary amides is 1. The number of hydrogen-bond donors (Lipinski definition) is 1. The van der Waals surface area contributed by atoms with Crippen LogP contribution in [0.15, 0.2) is 30.3 Å². The van der Waals surface area contributed by atoms with E-state index in [1.54, 1.807) is 24.3 Å². The van der Waals surface area contributed by atoms with Gasteiger partial charge in [-0.3, -0.25) is 14.2 Å². The molecule has 0 aliphatic carbocycles. The van der Waals surface area contributed by atoms with Gasteiger partial charge in [0.1, 0.15) is 5.82 Å². The van der Waals surface area contributed by atoms with E-state index in [1.807, 2.05) is 4.90 Å². The molecule has 0 spiro atoms. The van der Waals surface area contributed by atoms with E-state index in [9.17, 15) is 18.4 Å². The average Bonchev–Trinajstić information content (AvgIpc) is 3.23. The summed E-state index contributed by atoms with van der Waals surface area (Å²) in [6, 6.07) is 8.33. The molecule has 0 bridgehead atoms. The number of aromatic nitrogens is 4. The zero-order valence-corrected chi connectivity index (χ0v) is 18.6. The molecule has 13 heteroatoms. The van der Waals surface area contributed by atoms with Crippen molar-refractivity contribution in [1.29, 1.82) is 0 Å². The van der Waals surface area contributed by atoms with E-state index in [0.717, 1.165) is 0 Å². The van der Waals surface area contributed by atoms with E-state index in [2.05, 4.69) is 15.0 Å². The lowest BCUT2D eigenvalue weighted by Crippen LogP contribution is -2.55. The summed E-state index contributed by atoms with van der Waals surface area (Å²) in [4.78, 5) is 39.1. The number of hydrogen-bond acceptors (Lipinski definition) is 8. The predicted molar refractivity (Wildman–Crippen MR) is 119 cm³/mol. The molecule has 2 aliphatic rings. The summed E-state index contributed by atoms with van der Waals surface area (Å²) in [6.45, 7) is 2.95. The number of fused-ring (bicyclic) bond motifs is 1. The zero-order chi connectivity index (χ0) is 24.5. The first-order valence-electron chi connectivity index (χ1n) is 11.1. The number of carbonyl (C=O) groups is 2. The van der Waals surface area contributed by atoms with Gasteiger partial charge in [0.15, 0.2) is 5.82 Å². The van der Waals surface area contributed by atoms with E-state index in [1.165, 1.54) is 15.5 Å². The number of halogens is 2. The minimum atomic E-state index is -2.82. The van der Waals surface area contributed by atoms with Crippen LogP contribution in [0.5, 0.6) is 5.88 Å². The second-order valence-electron chi connectivity index (χ2n) is 8.31. The van der Waals surface area contributed by atoms with Crippen molar-refractivity contribution in [2.24, 2.45) is 11.7 Å². The molecule has 2 fully saturated rings. The monoisotopic (exact) mass is 487 g/mol. The molecule has 0 unspecified atom stereocenters. The second kappa shape index (κ2) is 9.41. The minimum Gasteiger partial charge on any atom is -0.477 e. The highest BCUT2D eigenvalue weighted by atomic mass is 19.3. The Morgan fingerprint density at radius 2 is 1.89 bits per heavy atom. The van der Waals surface area contributed by atoms with Crippen LogP contribution in [0, 0.1) is 5.92 Å². The van der Waals surface area contributed by atoms with Gasteiger partial charge in [-0.25, -0.2) is 13.8 Å². The third kappa shape index (κ3) is 4.58. The minimum absolute atomic E-state index is 0.0192. The molecule has 35 heavy (non-hydrogen) atoms. The highest BCUT2D eigenvalue weighted by Crippen LogP contribution is 2.29. The van der Waals surface area contributed by atoms with Crippen LogP contribution in [0.3, 0.4) is 0 Å². The lowest BCUT2D eigenvalue weighted by Gasteiger charge is -2.38.